The van der Waals surface area contributed by atoms with Crippen LogP contribution in [-0.2, 0) is 4.79 Å². The lowest BCUT2D eigenvalue weighted by atomic mass is 10.2. The SMILES string of the molecule is CCOc1ccccc1N1C(=O)S/C(=C/c2ccco2)C1=O. The van der Waals surface area contributed by atoms with Gasteiger partial charge in [0.15, 0.2) is 0 Å². The molecule has 1 fully saturated rings. The number of carbonyl (C=O) groups excluding carboxylic acids is 2. The number of thioether (sulfide) groups is 1. The molecule has 0 saturated carbocycles. The summed E-state index contributed by atoms with van der Waals surface area (Å²) >= 11 is 0.885. The third-order valence-corrected chi connectivity index (χ3v) is 3.89. The van der Waals surface area contributed by atoms with Crippen LogP contribution in [0.1, 0.15) is 12.7 Å². The maximum absolute atomic E-state index is 12.5. The standard InChI is InChI=1S/C16H13NO4S/c1-2-20-13-8-4-3-7-12(13)17-15(18)14(22-16(17)19)10-11-6-5-9-21-11/h3-10H,2H2,1H3/b14-10+. The molecular formula is C16H13NO4S. The summed E-state index contributed by atoms with van der Waals surface area (Å²) in [5.74, 6) is 0.661. The molecule has 5 nitrogen and oxygen atoms in total. The third-order valence-electron chi connectivity index (χ3n) is 3.02. The Morgan fingerprint density at radius 3 is 2.77 bits per heavy atom. The van der Waals surface area contributed by atoms with Gasteiger partial charge in [0.2, 0.25) is 0 Å². The number of hydrogen-bond acceptors (Lipinski definition) is 5. The van der Waals surface area contributed by atoms with E-state index in [2.05, 4.69) is 0 Å². The van der Waals surface area contributed by atoms with E-state index in [0.29, 0.717) is 28.7 Å². The first-order chi connectivity index (χ1) is 10.7. The minimum absolute atomic E-state index is 0.325. The molecule has 1 aliphatic heterocycles. The van der Waals surface area contributed by atoms with E-state index >= 15 is 0 Å². The van der Waals surface area contributed by atoms with Gasteiger partial charge < -0.3 is 9.15 Å². The van der Waals surface area contributed by atoms with E-state index < -0.39 is 0 Å². The van der Waals surface area contributed by atoms with E-state index in [-0.39, 0.29) is 11.1 Å². The lowest BCUT2D eigenvalue weighted by Crippen LogP contribution is -2.28. The molecule has 1 aromatic heterocycles. The van der Waals surface area contributed by atoms with E-state index in [1.807, 2.05) is 6.92 Å². The number of benzene rings is 1. The van der Waals surface area contributed by atoms with Gasteiger partial charge in [0.05, 0.1) is 23.5 Å². The van der Waals surface area contributed by atoms with Gasteiger partial charge in [0, 0.05) is 6.08 Å². The van der Waals surface area contributed by atoms with Crippen LogP contribution in [0.15, 0.2) is 52.0 Å². The molecule has 112 valence electrons. The van der Waals surface area contributed by atoms with Crippen LogP contribution in [0, 0.1) is 0 Å². The van der Waals surface area contributed by atoms with Crippen molar-refractivity contribution < 1.29 is 18.7 Å². The fourth-order valence-electron chi connectivity index (χ4n) is 2.10. The van der Waals surface area contributed by atoms with E-state index in [4.69, 9.17) is 9.15 Å². The summed E-state index contributed by atoms with van der Waals surface area (Å²) in [5.41, 5.74) is 0.453. The minimum atomic E-state index is -0.376. The highest BCUT2D eigenvalue weighted by molar-refractivity contribution is 8.19. The molecule has 0 spiro atoms. The Hall–Kier alpha value is -2.47. The van der Waals surface area contributed by atoms with Gasteiger partial charge in [0.1, 0.15) is 11.5 Å². The van der Waals surface area contributed by atoms with Crippen molar-refractivity contribution in [2.75, 3.05) is 11.5 Å². The first kappa shape index (κ1) is 14.5. The highest BCUT2D eigenvalue weighted by Gasteiger charge is 2.37. The van der Waals surface area contributed by atoms with Crippen LogP contribution in [-0.4, -0.2) is 17.8 Å². The first-order valence-electron chi connectivity index (χ1n) is 6.74. The van der Waals surface area contributed by atoms with E-state index in [1.54, 1.807) is 42.5 Å². The Balaban J connectivity index is 1.96. The monoisotopic (exact) mass is 315 g/mol. The van der Waals surface area contributed by atoms with Crippen molar-refractivity contribution in [1.29, 1.82) is 0 Å². The number of imide groups is 1. The number of anilines is 1. The summed E-state index contributed by atoms with van der Waals surface area (Å²) in [4.78, 5) is 26.2. The first-order valence-corrected chi connectivity index (χ1v) is 7.55. The lowest BCUT2D eigenvalue weighted by molar-refractivity contribution is -0.113. The van der Waals surface area contributed by atoms with Crippen molar-refractivity contribution in [2.24, 2.45) is 0 Å². The Bertz CT molecular complexity index is 736. The molecule has 6 heteroatoms. The number of furan rings is 1. The molecule has 0 bridgehead atoms. The van der Waals surface area contributed by atoms with Crippen LogP contribution >= 0.6 is 11.8 Å². The predicted octanol–water partition coefficient (Wildman–Crippen LogP) is 3.92. The third kappa shape index (κ3) is 2.65. The van der Waals surface area contributed by atoms with Crippen molar-refractivity contribution >= 4 is 34.7 Å². The van der Waals surface area contributed by atoms with Crippen LogP contribution in [0.2, 0.25) is 0 Å². The molecule has 0 aliphatic carbocycles. The second-order valence-corrected chi connectivity index (χ2v) is 5.43. The molecule has 2 amide bonds. The Morgan fingerprint density at radius 1 is 1.23 bits per heavy atom. The number of amides is 2. The number of carbonyl (C=O) groups is 2. The van der Waals surface area contributed by atoms with Gasteiger partial charge in [-0.15, -0.1) is 0 Å². The molecule has 22 heavy (non-hydrogen) atoms. The molecule has 3 rings (SSSR count). The van der Waals surface area contributed by atoms with E-state index in [9.17, 15) is 9.59 Å². The van der Waals surface area contributed by atoms with Gasteiger partial charge >= 0.3 is 0 Å². The highest BCUT2D eigenvalue weighted by atomic mass is 32.2. The summed E-state index contributed by atoms with van der Waals surface area (Å²) in [5, 5.41) is -0.352. The maximum atomic E-state index is 12.5. The quantitative estimate of drug-likeness (QED) is 0.800. The zero-order valence-corrected chi connectivity index (χ0v) is 12.6. The normalized spacial score (nSPS) is 16.6. The van der Waals surface area contributed by atoms with Gasteiger partial charge in [0.25, 0.3) is 11.1 Å². The molecule has 2 aromatic rings. The van der Waals surface area contributed by atoms with E-state index in [0.717, 1.165) is 16.7 Å². The molecular weight excluding hydrogens is 302 g/mol. The zero-order chi connectivity index (χ0) is 15.5. The van der Waals surface area contributed by atoms with E-state index in [1.165, 1.54) is 6.26 Å². The molecule has 0 unspecified atom stereocenters. The van der Waals surface area contributed by atoms with Gasteiger partial charge in [-0.1, -0.05) is 12.1 Å². The molecule has 0 N–H and O–H groups in total. The predicted molar refractivity (Wildman–Crippen MR) is 84.8 cm³/mol. The number of rotatable bonds is 4. The maximum Gasteiger partial charge on any atom is 0.298 e. The topological polar surface area (TPSA) is 59.8 Å². The molecule has 0 radical (unpaired) electrons. The van der Waals surface area contributed by atoms with Gasteiger partial charge in [-0.05, 0) is 43.0 Å². The Kier molecular flexibility index (Phi) is 4.02. The van der Waals surface area contributed by atoms with Gasteiger partial charge in [-0.25, -0.2) is 4.90 Å². The largest absolute Gasteiger partial charge is 0.492 e. The summed E-state index contributed by atoms with van der Waals surface area (Å²) in [6.07, 6.45) is 3.08. The van der Waals surface area contributed by atoms with Crippen LogP contribution in [0.3, 0.4) is 0 Å². The van der Waals surface area contributed by atoms with Crippen molar-refractivity contribution in [3.63, 3.8) is 0 Å². The zero-order valence-electron chi connectivity index (χ0n) is 11.8. The second kappa shape index (κ2) is 6.11. The Labute approximate surface area is 131 Å². The molecule has 1 saturated heterocycles. The van der Waals surface area contributed by atoms with Crippen molar-refractivity contribution in [1.82, 2.24) is 0 Å². The second-order valence-electron chi connectivity index (χ2n) is 4.43. The van der Waals surface area contributed by atoms with Crippen LogP contribution in [0.5, 0.6) is 5.75 Å². The summed E-state index contributed by atoms with van der Waals surface area (Å²) in [7, 11) is 0. The number of nitrogens with zero attached hydrogens (tertiary/aromatic N) is 1. The molecule has 1 aromatic carbocycles. The summed E-state index contributed by atoms with van der Waals surface area (Å²) in [6, 6.07) is 10.4. The van der Waals surface area contributed by atoms with Gasteiger partial charge in [-0.2, -0.15) is 0 Å². The summed E-state index contributed by atoms with van der Waals surface area (Å²) < 4.78 is 10.7. The molecule has 1 aliphatic rings. The Morgan fingerprint density at radius 2 is 2.05 bits per heavy atom. The van der Waals surface area contributed by atoms with Crippen molar-refractivity contribution in [2.45, 2.75) is 6.92 Å². The van der Waals surface area contributed by atoms with Crippen LogP contribution < -0.4 is 9.64 Å². The number of para-hydroxylation sites is 2. The average Bonchev–Trinajstić information content (AvgIpc) is 3.10. The highest BCUT2D eigenvalue weighted by Crippen LogP contribution is 2.39. The minimum Gasteiger partial charge on any atom is -0.492 e. The average molecular weight is 315 g/mol. The van der Waals surface area contributed by atoms with Crippen LogP contribution in [0.4, 0.5) is 10.5 Å². The number of hydrogen-bond donors (Lipinski definition) is 0. The van der Waals surface area contributed by atoms with Crippen molar-refractivity contribution in [3.05, 3.63) is 53.3 Å². The molecule has 0 atom stereocenters. The van der Waals surface area contributed by atoms with Crippen LogP contribution in [0.25, 0.3) is 6.08 Å². The fraction of sp³-hybridized carbons (Fsp3) is 0.125. The van der Waals surface area contributed by atoms with Gasteiger partial charge in [-0.3, -0.25) is 9.59 Å². The summed E-state index contributed by atoms with van der Waals surface area (Å²) in [6.45, 7) is 2.30. The smallest absolute Gasteiger partial charge is 0.298 e. The lowest BCUT2D eigenvalue weighted by Gasteiger charge is -2.16. The fourth-order valence-corrected chi connectivity index (χ4v) is 2.91. The number of ether oxygens (including phenoxy) is 1. The molecule has 2 heterocycles. The van der Waals surface area contributed by atoms with Crippen molar-refractivity contribution in [3.8, 4) is 5.75 Å².